The maximum Gasteiger partial charge on any atom is 0.167 e. The van der Waals surface area contributed by atoms with Gasteiger partial charge in [-0.25, -0.2) is 0 Å². The van der Waals surface area contributed by atoms with Crippen LogP contribution in [0.3, 0.4) is 0 Å². The zero-order chi connectivity index (χ0) is 14.9. The molecule has 2 unspecified atom stereocenters. The number of rotatable bonds is 4. The van der Waals surface area contributed by atoms with E-state index < -0.39 is 0 Å². The number of carbonyl (C=O) groups excluding carboxylic acids is 1. The molecule has 110 valence electrons. The van der Waals surface area contributed by atoms with E-state index in [2.05, 4.69) is 12.2 Å². The highest BCUT2D eigenvalue weighted by atomic mass is 16.5. The fourth-order valence-electron chi connectivity index (χ4n) is 2.86. The van der Waals surface area contributed by atoms with Crippen LogP contribution in [0.5, 0.6) is 17.2 Å². The highest BCUT2D eigenvalue weighted by molar-refractivity contribution is 6.00. The minimum absolute atomic E-state index is 0.0189. The first-order valence-electron chi connectivity index (χ1n) is 6.71. The Hall–Kier alpha value is -1.75. The van der Waals surface area contributed by atoms with Crippen molar-refractivity contribution in [2.24, 2.45) is 0 Å². The van der Waals surface area contributed by atoms with E-state index in [1.165, 1.54) is 14.0 Å². The van der Waals surface area contributed by atoms with Crippen LogP contribution in [-0.2, 0) is 0 Å². The number of benzene rings is 1. The molecule has 0 radical (unpaired) electrons. The molecular weight excluding hydrogens is 258 g/mol. The van der Waals surface area contributed by atoms with Gasteiger partial charge < -0.3 is 19.9 Å². The molecule has 2 atom stereocenters. The Labute approximate surface area is 118 Å². The zero-order valence-corrected chi connectivity index (χ0v) is 12.3. The van der Waals surface area contributed by atoms with Gasteiger partial charge in [-0.3, -0.25) is 4.79 Å². The van der Waals surface area contributed by atoms with E-state index in [-0.39, 0.29) is 23.0 Å². The van der Waals surface area contributed by atoms with Crippen LogP contribution in [0.4, 0.5) is 0 Å². The number of Topliss-reactive ketones (excluding diaryl/α,β-unsaturated/α-hetero) is 1. The molecule has 0 aromatic heterocycles. The average molecular weight is 279 g/mol. The highest BCUT2D eigenvalue weighted by Crippen LogP contribution is 2.44. The summed E-state index contributed by atoms with van der Waals surface area (Å²) < 4.78 is 10.6. The van der Waals surface area contributed by atoms with Crippen molar-refractivity contribution in [1.82, 2.24) is 5.32 Å². The van der Waals surface area contributed by atoms with E-state index in [0.29, 0.717) is 23.1 Å². The molecule has 0 spiro atoms. The van der Waals surface area contributed by atoms with E-state index in [1.54, 1.807) is 13.2 Å². The molecule has 0 amide bonds. The lowest BCUT2D eigenvalue weighted by Crippen LogP contribution is -2.16. The normalized spacial score (nSPS) is 21.8. The number of methoxy groups -OCH3 is 2. The van der Waals surface area contributed by atoms with Gasteiger partial charge in [-0.1, -0.05) is 0 Å². The Morgan fingerprint density at radius 1 is 1.35 bits per heavy atom. The van der Waals surface area contributed by atoms with Crippen LogP contribution in [0.1, 0.15) is 42.1 Å². The molecule has 0 aliphatic carbocycles. The third-order valence-electron chi connectivity index (χ3n) is 3.82. The molecule has 1 aromatic carbocycles. The van der Waals surface area contributed by atoms with E-state index in [4.69, 9.17) is 9.47 Å². The Balaban J connectivity index is 2.59. The van der Waals surface area contributed by atoms with Crippen LogP contribution in [-0.4, -0.2) is 37.7 Å². The van der Waals surface area contributed by atoms with Gasteiger partial charge in [0.15, 0.2) is 5.78 Å². The summed E-state index contributed by atoms with van der Waals surface area (Å²) in [4.78, 5) is 11.8. The summed E-state index contributed by atoms with van der Waals surface area (Å²) in [5.74, 6) is 0.792. The van der Waals surface area contributed by atoms with Gasteiger partial charge in [0.1, 0.15) is 22.8 Å². The fourth-order valence-corrected chi connectivity index (χ4v) is 2.86. The third kappa shape index (κ3) is 2.45. The smallest absolute Gasteiger partial charge is 0.167 e. The predicted molar refractivity (Wildman–Crippen MR) is 76.0 cm³/mol. The lowest BCUT2D eigenvalue weighted by atomic mass is 9.91. The largest absolute Gasteiger partial charge is 0.507 e. The number of carbonyl (C=O) groups is 1. The van der Waals surface area contributed by atoms with Crippen molar-refractivity contribution < 1.29 is 19.4 Å². The second-order valence-corrected chi connectivity index (χ2v) is 5.22. The maximum absolute atomic E-state index is 11.8. The second-order valence-electron chi connectivity index (χ2n) is 5.22. The van der Waals surface area contributed by atoms with Crippen molar-refractivity contribution in [2.45, 2.75) is 32.2 Å². The number of hydrogen-bond donors (Lipinski definition) is 2. The first-order valence-corrected chi connectivity index (χ1v) is 6.71. The maximum atomic E-state index is 11.8. The van der Waals surface area contributed by atoms with Crippen LogP contribution in [0.25, 0.3) is 0 Å². The monoisotopic (exact) mass is 279 g/mol. The van der Waals surface area contributed by atoms with Gasteiger partial charge >= 0.3 is 0 Å². The second kappa shape index (κ2) is 5.71. The number of hydrogen-bond acceptors (Lipinski definition) is 5. The number of ketones is 1. The topological polar surface area (TPSA) is 67.8 Å². The molecule has 1 fully saturated rings. The van der Waals surface area contributed by atoms with Crippen molar-refractivity contribution >= 4 is 5.78 Å². The molecule has 1 saturated heterocycles. The summed E-state index contributed by atoms with van der Waals surface area (Å²) in [7, 11) is 3.02. The van der Waals surface area contributed by atoms with Gasteiger partial charge in [0.2, 0.25) is 0 Å². The van der Waals surface area contributed by atoms with Gasteiger partial charge in [-0.15, -0.1) is 0 Å². The summed E-state index contributed by atoms with van der Waals surface area (Å²) in [6.45, 7) is 4.27. The molecule has 5 heteroatoms. The minimum Gasteiger partial charge on any atom is -0.507 e. The Morgan fingerprint density at radius 3 is 2.45 bits per heavy atom. The van der Waals surface area contributed by atoms with Crippen molar-refractivity contribution in [3.05, 3.63) is 17.2 Å². The Bertz CT molecular complexity index is 527. The molecular formula is C15H21NO4. The molecule has 20 heavy (non-hydrogen) atoms. The summed E-state index contributed by atoms with van der Waals surface area (Å²) in [6, 6.07) is 2.06. The molecule has 2 N–H and O–H groups in total. The highest BCUT2D eigenvalue weighted by Gasteiger charge is 2.31. The van der Waals surface area contributed by atoms with E-state index in [1.807, 2.05) is 0 Å². The molecule has 1 aromatic rings. The summed E-state index contributed by atoms with van der Waals surface area (Å²) in [6.07, 6.45) is 0.896. The quantitative estimate of drug-likeness (QED) is 0.826. The first-order chi connectivity index (χ1) is 9.49. The van der Waals surface area contributed by atoms with Crippen LogP contribution < -0.4 is 14.8 Å². The molecule has 2 rings (SSSR count). The van der Waals surface area contributed by atoms with Crippen LogP contribution in [0.2, 0.25) is 0 Å². The van der Waals surface area contributed by atoms with Gasteiger partial charge in [-0.05, 0) is 20.3 Å². The molecule has 1 aliphatic heterocycles. The SMILES string of the molecule is COc1cc(OC)c(C2CNC(C)C2)c(O)c1C(C)=O. The van der Waals surface area contributed by atoms with Gasteiger partial charge in [-0.2, -0.15) is 0 Å². The van der Waals surface area contributed by atoms with Crippen LogP contribution in [0, 0.1) is 0 Å². The van der Waals surface area contributed by atoms with Gasteiger partial charge in [0.25, 0.3) is 0 Å². The number of aromatic hydroxyl groups is 1. The molecule has 0 saturated carbocycles. The molecule has 5 nitrogen and oxygen atoms in total. The van der Waals surface area contributed by atoms with E-state index in [9.17, 15) is 9.90 Å². The number of phenols is 1. The number of ether oxygens (including phenoxy) is 2. The molecule has 0 bridgehead atoms. The third-order valence-corrected chi connectivity index (χ3v) is 3.82. The number of nitrogens with one attached hydrogen (secondary N) is 1. The zero-order valence-electron chi connectivity index (χ0n) is 12.3. The first kappa shape index (κ1) is 14.7. The summed E-state index contributed by atoms with van der Waals surface area (Å²) in [5, 5.41) is 13.9. The Morgan fingerprint density at radius 2 is 2.00 bits per heavy atom. The standard InChI is InChI=1S/C15H21NO4/c1-8-5-10(7-16-8)14-12(20-4)6-11(19-3)13(9(2)17)15(14)18/h6,8,10,16,18H,5,7H2,1-4H3. The minimum atomic E-state index is -0.220. The average Bonchev–Trinajstić information content (AvgIpc) is 2.82. The molecule has 1 heterocycles. The summed E-state index contributed by atoms with van der Waals surface area (Å²) >= 11 is 0. The lowest BCUT2D eigenvalue weighted by Gasteiger charge is -2.19. The Kier molecular flexibility index (Phi) is 4.18. The van der Waals surface area contributed by atoms with Crippen LogP contribution in [0.15, 0.2) is 6.07 Å². The van der Waals surface area contributed by atoms with Crippen molar-refractivity contribution in [3.8, 4) is 17.2 Å². The van der Waals surface area contributed by atoms with Crippen molar-refractivity contribution in [1.29, 1.82) is 0 Å². The summed E-state index contributed by atoms with van der Waals surface area (Å²) in [5.41, 5.74) is 0.915. The van der Waals surface area contributed by atoms with Gasteiger partial charge in [0, 0.05) is 30.1 Å². The fraction of sp³-hybridized carbons (Fsp3) is 0.533. The lowest BCUT2D eigenvalue weighted by molar-refractivity contribution is 0.101. The predicted octanol–water partition coefficient (Wildman–Crippen LogP) is 2.08. The van der Waals surface area contributed by atoms with E-state index in [0.717, 1.165) is 13.0 Å². The van der Waals surface area contributed by atoms with E-state index >= 15 is 0 Å². The number of phenolic OH excluding ortho intramolecular Hbond substituents is 1. The van der Waals surface area contributed by atoms with Crippen LogP contribution >= 0.6 is 0 Å². The van der Waals surface area contributed by atoms with Gasteiger partial charge in [0.05, 0.1) is 14.2 Å². The molecule has 1 aliphatic rings. The van der Waals surface area contributed by atoms with Crippen molar-refractivity contribution in [2.75, 3.05) is 20.8 Å². The van der Waals surface area contributed by atoms with Crippen molar-refractivity contribution in [3.63, 3.8) is 0 Å².